The minimum absolute atomic E-state index is 0.160. The van der Waals surface area contributed by atoms with E-state index in [2.05, 4.69) is 15.1 Å². The molecule has 5 nitrogen and oxygen atoms in total. The molecule has 0 bridgehead atoms. The molecule has 2 aliphatic heterocycles. The first kappa shape index (κ1) is 18.4. The Morgan fingerprint density at radius 1 is 1.04 bits per heavy atom. The van der Waals surface area contributed by atoms with Crippen molar-refractivity contribution in [2.24, 2.45) is 0 Å². The van der Waals surface area contributed by atoms with Gasteiger partial charge in [-0.15, -0.1) is 10.2 Å². The van der Waals surface area contributed by atoms with Crippen LogP contribution in [0.15, 0.2) is 22.6 Å². The first-order valence-corrected chi connectivity index (χ1v) is 11.2. The molecular weight excluding hydrogens is 374 g/mol. The van der Waals surface area contributed by atoms with E-state index in [4.69, 9.17) is 20.8 Å². The van der Waals surface area contributed by atoms with Crippen LogP contribution in [0.25, 0.3) is 0 Å². The summed E-state index contributed by atoms with van der Waals surface area (Å²) in [5.41, 5.74) is 1.15. The minimum atomic E-state index is -0.160. The van der Waals surface area contributed by atoms with Crippen LogP contribution in [0.3, 0.4) is 0 Å². The number of fused-ring (bicyclic) bond motifs is 1. The van der Waals surface area contributed by atoms with E-state index in [1.54, 1.807) is 0 Å². The van der Waals surface area contributed by atoms with E-state index >= 15 is 0 Å². The van der Waals surface area contributed by atoms with Crippen LogP contribution >= 0.6 is 11.6 Å². The third kappa shape index (κ3) is 3.79. The standard InChI is InChI=1S/C22H28ClN3O2/c23-16-9-11-19-15(13-16)8-10-20(27-19)22-25-24-21(28-22)14-18-7-3-4-12-26(18)17-5-1-2-6-17/h9,11,13,17-18,20H,1-8,10,12,14H2. The molecule has 0 N–H and O–H groups in total. The Labute approximate surface area is 171 Å². The van der Waals surface area contributed by atoms with Crippen molar-refractivity contribution in [1.82, 2.24) is 15.1 Å². The molecular formula is C22H28ClN3O2. The summed E-state index contributed by atoms with van der Waals surface area (Å²) in [4.78, 5) is 2.73. The summed E-state index contributed by atoms with van der Waals surface area (Å²) in [6.07, 6.45) is 11.8. The number of aromatic nitrogens is 2. The number of ether oxygens (including phenoxy) is 1. The predicted molar refractivity (Wildman–Crippen MR) is 108 cm³/mol. The van der Waals surface area contributed by atoms with Gasteiger partial charge < -0.3 is 9.15 Å². The van der Waals surface area contributed by atoms with Gasteiger partial charge in [0.1, 0.15) is 5.75 Å². The Balaban J connectivity index is 1.26. The number of nitrogens with zero attached hydrogens (tertiary/aromatic N) is 3. The Kier molecular flexibility index (Phi) is 5.29. The fourth-order valence-corrected chi connectivity index (χ4v) is 5.37. The van der Waals surface area contributed by atoms with Crippen molar-refractivity contribution in [1.29, 1.82) is 0 Å². The molecule has 1 aromatic heterocycles. The molecule has 6 heteroatoms. The van der Waals surface area contributed by atoms with Gasteiger partial charge in [0.15, 0.2) is 6.10 Å². The zero-order valence-electron chi connectivity index (χ0n) is 16.3. The SMILES string of the molecule is Clc1ccc2c(c1)CCC(c1nnc(CC3CCCCN3C3CCCC3)o1)O2. The van der Waals surface area contributed by atoms with Gasteiger partial charge in [0, 0.05) is 23.5 Å². The zero-order valence-corrected chi connectivity index (χ0v) is 17.0. The second-order valence-corrected chi connectivity index (χ2v) is 8.90. The number of hydrogen-bond acceptors (Lipinski definition) is 5. The quantitative estimate of drug-likeness (QED) is 0.710. The molecule has 0 radical (unpaired) electrons. The van der Waals surface area contributed by atoms with Gasteiger partial charge in [0.05, 0.1) is 0 Å². The highest BCUT2D eigenvalue weighted by Crippen LogP contribution is 2.36. The summed E-state index contributed by atoms with van der Waals surface area (Å²) < 4.78 is 12.2. The smallest absolute Gasteiger partial charge is 0.256 e. The molecule has 1 saturated heterocycles. The van der Waals surface area contributed by atoms with E-state index < -0.39 is 0 Å². The number of benzene rings is 1. The van der Waals surface area contributed by atoms with Crippen LogP contribution in [0.5, 0.6) is 5.75 Å². The van der Waals surface area contributed by atoms with E-state index in [9.17, 15) is 0 Å². The molecule has 1 aliphatic carbocycles. The van der Waals surface area contributed by atoms with Crippen molar-refractivity contribution in [3.8, 4) is 5.75 Å². The van der Waals surface area contributed by atoms with Crippen LogP contribution in [0, 0.1) is 0 Å². The van der Waals surface area contributed by atoms with Gasteiger partial charge in [0.25, 0.3) is 5.89 Å². The summed E-state index contributed by atoms with van der Waals surface area (Å²) in [6, 6.07) is 7.08. The molecule has 150 valence electrons. The molecule has 28 heavy (non-hydrogen) atoms. The van der Waals surface area contributed by atoms with Crippen molar-refractivity contribution < 1.29 is 9.15 Å². The molecule has 2 fully saturated rings. The van der Waals surface area contributed by atoms with Crippen LogP contribution in [-0.4, -0.2) is 33.7 Å². The Morgan fingerprint density at radius 2 is 1.89 bits per heavy atom. The van der Waals surface area contributed by atoms with Gasteiger partial charge in [-0.05, 0) is 68.8 Å². The molecule has 0 amide bonds. The fraction of sp³-hybridized carbons (Fsp3) is 0.636. The number of hydrogen-bond donors (Lipinski definition) is 0. The van der Waals surface area contributed by atoms with E-state index in [0.717, 1.165) is 47.5 Å². The van der Waals surface area contributed by atoms with Gasteiger partial charge >= 0.3 is 0 Å². The van der Waals surface area contributed by atoms with Crippen LogP contribution in [0.1, 0.15) is 74.8 Å². The molecule has 3 heterocycles. The van der Waals surface area contributed by atoms with Gasteiger partial charge in [0.2, 0.25) is 5.89 Å². The Bertz CT molecular complexity index is 818. The maximum Gasteiger partial charge on any atom is 0.256 e. The number of piperidine rings is 1. The number of halogens is 1. The molecule has 2 atom stereocenters. The summed E-state index contributed by atoms with van der Waals surface area (Å²) in [7, 11) is 0. The van der Waals surface area contributed by atoms with E-state index in [1.165, 1.54) is 51.5 Å². The van der Waals surface area contributed by atoms with Crippen molar-refractivity contribution in [3.05, 3.63) is 40.6 Å². The van der Waals surface area contributed by atoms with Gasteiger partial charge in [-0.1, -0.05) is 30.9 Å². The molecule has 1 aromatic carbocycles. The lowest BCUT2D eigenvalue weighted by molar-refractivity contribution is 0.0906. The first-order chi connectivity index (χ1) is 13.8. The van der Waals surface area contributed by atoms with Gasteiger partial charge in [-0.2, -0.15) is 0 Å². The van der Waals surface area contributed by atoms with E-state index in [1.807, 2.05) is 18.2 Å². The number of rotatable bonds is 4. The molecule has 2 aromatic rings. The maximum absolute atomic E-state index is 6.11. The van der Waals surface area contributed by atoms with Crippen LogP contribution < -0.4 is 4.74 Å². The summed E-state index contributed by atoms with van der Waals surface area (Å²) >= 11 is 6.08. The van der Waals surface area contributed by atoms with Crippen LogP contribution in [-0.2, 0) is 12.8 Å². The lowest BCUT2D eigenvalue weighted by atomic mass is 9.96. The lowest BCUT2D eigenvalue weighted by Gasteiger charge is -2.39. The topological polar surface area (TPSA) is 51.4 Å². The number of likely N-dealkylation sites (tertiary alicyclic amines) is 1. The molecule has 0 spiro atoms. The van der Waals surface area contributed by atoms with Crippen molar-refractivity contribution in [2.45, 2.75) is 82.4 Å². The Hall–Kier alpha value is -1.59. The average molecular weight is 402 g/mol. The second kappa shape index (κ2) is 8.03. The van der Waals surface area contributed by atoms with Gasteiger partial charge in [-0.3, -0.25) is 4.90 Å². The second-order valence-electron chi connectivity index (χ2n) is 8.46. The van der Waals surface area contributed by atoms with Crippen LogP contribution in [0.2, 0.25) is 5.02 Å². The van der Waals surface area contributed by atoms with Crippen molar-refractivity contribution in [3.63, 3.8) is 0 Å². The van der Waals surface area contributed by atoms with E-state index in [0.29, 0.717) is 11.9 Å². The Morgan fingerprint density at radius 3 is 2.79 bits per heavy atom. The highest BCUT2D eigenvalue weighted by atomic mass is 35.5. The zero-order chi connectivity index (χ0) is 18.9. The largest absolute Gasteiger partial charge is 0.480 e. The third-order valence-corrected chi connectivity index (χ3v) is 6.84. The summed E-state index contributed by atoms with van der Waals surface area (Å²) in [6.45, 7) is 1.22. The normalized spacial score (nSPS) is 26.2. The van der Waals surface area contributed by atoms with Crippen molar-refractivity contribution >= 4 is 11.6 Å². The molecule has 1 saturated carbocycles. The maximum atomic E-state index is 6.11. The highest BCUT2D eigenvalue weighted by molar-refractivity contribution is 6.30. The highest BCUT2D eigenvalue weighted by Gasteiger charge is 2.32. The summed E-state index contributed by atoms with van der Waals surface area (Å²) in [5.74, 6) is 2.24. The molecule has 5 rings (SSSR count). The molecule has 2 unspecified atom stereocenters. The molecule has 3 aliphatic rings. The third-order valence-electron chi connectivity index (χ3n) is 6.60. The predicted octanol–water partition coefficient (Wildman–Crippen LogP) is 5.13. The van der Waals surface area contributed by atoms with E-state index in [-0.39, 0.29) is 6.10 Å². The monoisotopic (exact) mass is 401 g/mol. The first-order valence-electron chi connectivity index (χ1n) is 10.8. The average Bonchev–Trinajstić information content (AvgIpc) is 3.40. The van der Waals surface area contributed by atoms with Gasteiger partial charge in [-0.25, -0.2) is 0 Å². The summed E-state index contributed by atoms with van der Waals surface area (Å²) in [5, 5.41) is 9.45. The van der Waals surface area contributed by atoms with Crippen LogP contribution in [0.4, 0.5) is 0 Å². The fourth-order valence-electron chi connectivity index (χ4n) is 5.17. The van der Waals surface area contributed by atoms with Crippen molar-refractivity contribution in [2.75, 3.05) is 6.54 Å². The lowest BCUT2D eigenvalue weighted by Crippen LogP contribution is -2.46. The number of aryl methyl sites for hydroxylation is 1. The minimum Gasteiger partial charge on any atom is -0.480 e.